The van der Waals surface area contributed by atoms with E-state index in [-0.39, 0.29) is 11.8 Å². The van der Waals surface area contributed by atoms with Crippen LogP contribution in [-0.4, -0.2) is 11.8 Å². The lowest BCUT2D eigenvalue weighted by atomic mass is 10.2. The van der Waals surface area contributed by atoms with E-state index < -0.39 is 0 Å². The van der Waals surface area contributed by atoms with Gasteiger partial charge in [-0.2, -0.15) is 0 Å². The van der Waals surface area contributed by atoms with Crippen molar-refractivity contribution in [1.29, 1.82) is 0 Å². The molecule has 0 aliphatic rings. The van der Waals surface area contributed by atoms with Crippen molar-refractivity contribution in [2.75, 3.05) is 7.85 Å². The smallest absolute Gasteiger partial charge is 0.234 e. The summed E-state index contributed by atoms with van der Waals surface area (Å²) in [6.07, 6.45) is 0. The molecule has 1 rings (SSSR count). The molecule has 16 heavy (non-hydrogen) atoms. The van der Waals surface area contributed by atoms with E-state index in [0.717, 1.165) is 0 Å². The van der Waals surface area contributed by atoms with Gasteiger partial charge in [0.25, 0.3) is 0 Å². The fourth-order valence-electron chi connectivity index (χ4n) is 1.14. The van der Waals surface area contributed by atoms with Crippen molar-refractivity contribution in [2.24, 2.45) is 0 Å². The zero-order valence-electron chi connectivity index (χ0n) is 8.78. The number of amides is 2. The summed E-state index contributed by atoms with van der Waals surface area (Å²) in [5.41, 5.74) is 1.20. The first kappa shape index (κ1) is 13.2. The molecule has 6 heteroatoms. The summed E-state index contributed by atoms with van der Waals surface area (Å²) in [6, 6.07) is 7.05. The minimum Gasteiger partial charge on any atom is -0.274 e. The van der Waals surface area contributed by atoms with Gasteiger partial charge in [0.2, 0.25) is 11.8 Å². The number of carbonyl (C=O) groups is 2. The first-order valence-electron chi connectivity index (χ1n) is 4.47. The van der Waals surface area contributed by atoms with Gasteiger partial charge in [-0.15, -0.1) is 0 Å². The summed E-state index contributed by atoms with van der Waals surface area (Å²) in [5, 5.41) is 0. The number of hydrogen-bond donors (Lipinski definition) is 0. The highest BCUT2D eigenvalue weighted by Crippen LogP contribution is 2.33. The van der Waals surface area contributed by atoms with E-state index in [0.29, 0.717) is 11.4 Å². The largest absolute Gasteiger partial charge is 0.274 e. The Labute approximate surface area is 111 Å². The molecule has 2 amide bonds. The summed E-state index contributed by atoms with van der Waals surface area (Å²) >= 11 is 6.29. The molecule has 0 bridgehead atoms. The molecule has 86 valence electrons. The Balaban J connectivity index is 3.19. The summed E-state index contributed by atoms with van der Waals surface area (Å²) in [4.78, 5) is 22.5. The van der Waals surface area contributed by atoms with Gasteiger partial charge >= 0.3 is 0 Å². The monoisotopic (exact) mass is 348 g/mol. The molecule has 4 nitrogen and oxygen atoms in total. The molecule has 0 fully saturated rings. The number of hydrogen-bond acceptors (Lipinski definition) is 2. The van der Waals surface area contributed by atoms with E-state index in [4.69, 9.17) is 0 Å². The normalized spacial score (nSPS) is 9.75. The third kappa shape index (κ3) is 2.82. The highest BCUT2D eigenvalue weighted by Gasteiger charge is 2.17. The Kier molecular flexibility index (Phi) is 4.49. The highest BCUT2D eigenvalue weighted by atomic mass is 79.9. The van der Waals surface area contributed by atoms with Crippen molar-refractivity contribution in [3.8, 4) is 0 Å². The number of anilines is 2. The minimum absolute atomic E-state index is 0.170. The number of nitrogens with zero attached hydrogens (tertiary/aromatic N) is 2. The zero-order valence-corrected chi connectivity index (χ0v) is 11.9. The van der Waals surface area contributed by atoms with Crippen molar-refractivity contribution in [3.05, 3.63) is 24.3 Å². The van der Waals surface area contributed by atoms with Gasteiger partial charge in [0.1, 0.15) is 0 Å². The quantitative estimate of drug-likeness (QED) is 0.770. The molecule has 0 N–H and O–H groups in total. The second-order valence-electron chi connectivity index (χ2n) is 3.09. The third-order valence-corrected chi connectivity index (χ3v) is 3.62. The highest BCUT2D eigenvalue weighted by molar-refractivity contribution is 9.10. The molecule has 1 aromatic carbocycles. The van der Waals surface area contributed by atoms with Crippen LogP contribution in [-0.2, 0) is 9.59 Å². The van der Waals surface area contributed by atoms with Crippen molar-refractivity contribution in [2.45, 2.75) is 13.8 Å². The van der Waals surface area contributed by atoms with Crippen LogP contribution in [0.2, 0.25) is 0 Å². The van der Waals surface area contributed by atoms with Gasteiger partial charge in [-0.25, -0.2) is 7.85 Å². The van der Waals surface area contributed by atoms with Crippen LogP contribution in [0.4, 0.5) is 11.4 Å². The summed E-state index contributed by atoms with van der Waals surface area (Å²) < 4.78 is 2.61. The van der Waals surface area contributed by atoms with E-state index in [9.17, 15) is 9.59 Å². The van der Waals surface area contributed by atoms with Gasteiger partial charge in [0.15, 0.2) is 0 Å². The van der Waals surface area contributed by atoms with Crippen LogP contribution < -0.4 is 7.85 Å². The second kappa shape index (κ2) is 5.45. The Hall–Kier alpha value is -0.880. The lowest BCUT2D eigenvalue weighted by Crippen LogP contribution is -2.22. The van der Waals surface area contributed by atoms with Crippen molar-refractivity contribution in [1.82, 2.24) is 0 Å². The van der Waals surface area contributed by atoms with Gasteiger partial charge in [-0.3, -0.25) is 9.59 Å². The average molecular weight is 350 g/mol. The third-order valence-electron chi connectivity index (χ3n) is 1.86. The molecule has 0 saturated carbocycles. The molecule has 0 aliphatic heterocycles. The van der Waals surface area contributed by atoms with Crippen molar-refractivity contribution >= 4 is 55.5 Å². The second-order valence-corrected chi connectivity index (χ2v) is 4.51. The molecule has 0 heterocycles. The molecule has 0 aromatic heterocycles. The van der Waals surface area contributed by atoms with E-state index >= 15 is 0 Å². The molecule has 0 aliphatic carbocycles. The van der Waals surface area contributed by atoms with Crippen LogP contribution in [0.15, 0.2) is 24.3 Å². The maximum atomic E-state index is 11.2. The Morgan fingerprint density at radius 3 is 1.50 bits per heavy atom. The summed E-state index contributed by atoms with van der Waals surface area (Å²) in [7, 11) is 0. The fourth-order valence-corrected chi connectivity index (χ4v) is 1.74. The average Bonchev–Trinajstić information content (AvgIpc) is 2.26. The van der Waals surface area contributed by atoms with Crippen LogP contribution in [0.1, 0.15) is 13.8 Å². The predicted octanol–water partition coefficient (Wildman–Crippen LogP) is 3.01. The Morgan fingerprint density at radius 2 is 1.25 bits per heavy atom. The first-order valence-corrected chi connectivity index (χ1v) is 5.89. The van der Waals surface area contributed by atoms with Gasteiger partial charge in [-0.1, -0.05) is 12.1 Å². The molecule has 0 radical (unpaired) electrons. The van der Waals surface area contributed by atoms with Gasteiger partial charge in [-0.05, 0) is 12.1 Å². The molecule has 0 atom stereocenters. The van der Waals surface area contributed by atoms with E-state index in [2.05, 4.69) is 32.3 Å². The van der Waals surface area contributed by atoms with Crippen LogP contribution in [0.25, 0.3) is 0 Å². The standard InChI is InChI=1S/C10H10Br2N2O2/c1-7(15)13(11)9-5-3-4-6-10(9)14(12)8(2)16/h3-6H,1-2H3. The fraction of sp³-hybridized carbons (Fsp3) is 0.200. The van der Waals surface area contributed by atoms with Crippen molar-refractivity contribution < 1.29 is 9.59 Å². The van der Waals surface area contributed by atoms with Gasteiger partial charge in [0, 0.05) is 13.8 Å². The van der Waals surface area contributed by atoms with Crippen LogP contribution >= 0.6 is 32.3 Å². The summed E-state index contributed by atoms with van der Waals surface area (Å²) in [5.74, 6) is -0.339. The maximum absolute atomic E-state index is 11.2. The Morgan fingerprint density at radius 1 is 0.938 bits per heavy atom. The number of benzene rings is 1. The lowest BCUT2D eigenvalue weighted by Gasteiger charge is -2.20. The van der Waals surface area contributed by atoms with Crippen LogP contribution in [0.5, 0.6) is 0 Å². The molecule has 0 spiro atoms. The topological polar surface area (TPSA) is 40.6 Å². The predicted molar refractivity (Wildman–Crippen MR) is 70.6 cm³/mol. The van der Waals surface area contributed by atoms with Gasteiger partial charge < -0.3 is 0 Å². The number of carbonyl (C=O) groups excluding carboxylic acids is 2. The van der Waals surface area contributed by atoms with Gasteiger partial charge in [0.05, 0.1) is 43.7 Å². The van der Waals surface area contributed by atoms with Crippen molar-refractivity contribution in [3.63, 3.8) is 0 Å². The minimum atomic E-state index is -0.170. The first-order chi connectivity index (χ1) is 7.45. The lowest BCUT2D eigenvalue weighted by molar-refractivity contribution is -0.116. The molecule has 1 aromatic rings. The SMILES string of the molecule is CC(=O)N(Br)c1ccccc1N(Br)C(C)=O. The van der Waals surface area contributed by atoms with E-state index in [1.54, 1.807) is 24.3 Å². The maximum Gasteiger partial charge on any atom is 0.234 e. The van der Waals surface area contributed by atoms with E-state index in [1.165, 1.54) is 21.7 Å². The van der Waals surface area contributed by atoms with Crippen LogP contribution in [0.3, 0.4) is 0 Å². The molecule has 0 saturated heterocycles. The molecular weight excluding hydrogens is 340 g/mol. The summed E-state index contributed by atoms with van der Waals surface area (Å²) in [6.45, 7) is 2.86. The zero-order chi connectivity index (χ0) is 12.3. The number of para-hydroxylation sites is 2. The Bertz CT molecular complexity index is 384. The molecule has 0 unspecified atom stereocenters. The number of rotatable bonds is 2. The molecular formula is C10H10Br2N2O2. The number of halogens is 2. The van der Waals surface area contributed by atoms with E-state index in [1.807, 2.05) is 0 Å². The van der Waals surface area contributed by atoms with Crippen LogP contribution in [0, 0.1) is 0 Å².